The minimum Gasteiger partial charge on any atom is -0.405 e. The number of ether oxygens (including phenoxy) is 1. The molecule has 0 amide bonds. The molecule has 0 N–H and O–H groups in total. The second-order valence-corrected chi connectivity index (χ2v) is 4.00. The van der Waals surface area contributed by atoms with E-state index in [1.807, 2.05) is 0 Å². The molecule has 0 fully saturated rings. The highest BCUT2D eigenvalue weighted by atomic mass is 35.5. The highest BCUT2D eigenvalue weighted by Gasteiger charge is 2.32. The van der Waals surface area contributed by atoms with Crippen molar-refractivity contribution in [2.24, 2.45) is 0 Å². The summed E-state index contributed by atoms with van der Waals surface area (Å²) in [7, 11) is 0. The number of fused-ring (bicyclic) bond motifs is 1. The molecule has 0 aliphatic carbocycles. The van der Waals surface area contributed by atoms with E-state index in [0.29, 0.717) is 0 Å². The number of nitrogens with zero attached hydrogens (tertiary/aromatic N) is 1. The minimum atomic E-state index is -4.91. The van der Waals surface area contributed by atoms with Gasteiger partial charge in [0.2, 0.25) is 0 Å². The molecule has 0 saturated carbocycles. The van der Waals surface area contributed by atoms with Crippen LogP contribution in [0.2, 0.25) is 10.3 Å². The van der Waals surface area contributed by atoms with E-state index >= 15 is 0 Å². The summed E-state index contributed by atoms with van der Waals surface area (Å²) in [6.07, 6.45) is -4.91. The molecule has 18 heavy (non-hydrogen) atoms. The molecule has 8 heteroatoms. The van der Waals surface area contributed by atoms with Crippen molar-refractivity contribution in [1.82, 2.24) is 4.98 Å². The van der Waals surface area contributed by atoms with Gasteiger partial charge in [0.15, 0.2) is 0 Å². The maximum Gasteiger partial charge on any atom is 0.573 e. The molecule has 2 nitrogen and oxygen atoms in total. The van der Waals surface area contributed by atoms with Crippen molar-refractivity contribution in [2.45, 2.75) is 6.36 Å². The van der Waals surface area contributed by atoms with Crippen molar-refractivity contribution in [1.29, 1.82) is 0 Å². The molecule has 0 unspecified atom stereocenters. The Morgan fingerprint density at radius 2 is 1.83 bits per heavy atom. The van der Waals surface area contributed by atoms with Crippen LogP contribution in [0.1, 0.15) is 0 Å². The van der Waals surface area contributed by atoms with E-state index in [1.54, 1.807) is 0 Å². The average molecular weight is 300 g/mol. The summed E-state index contributed by atoms with van der Waals surface area (Å²) in [6, 6.07) is 2.73. The largest absolute Gasteiger partial charge is 0.573 e. The standard InChI is InChI=1S/C10H3Cl2F4NO/c11-7-3-4-5(13)1-2-6(18-10(14,15)16)8(4)9(12)17-7/h1-3H. The van der Waals surface area contributed by atoms with Crippen LogP contribution in [0, 0.1) is 5.82 Å². The molecule has 0 saturated heterocycles. The maximum atomic E-state index is 13.5. The first-order valence-electron chi connectivity index (χ1n) is 4.48. The summed E-state index contributed by atoms with van der Waals surface area (Å²) >= 11 is 11.2. The number of rotatable bonds is 1. The third kappa shape index (κ3) is 2.59. The lowest BCUT2D eigenvalue weighted by Crippen LogP contribution is -2.17. The van der Waals surface area contributed by atoms with Crippen molar-refractivity contribution < 1.29 is 22.3 Å². The summed E-state index contributed by atoms with van der Waals surface area (Å²) in [5, 5.41) is -0.966. The minimum absolute atomic E-state index is 0.129. The summed E-state index contributed by atoms with van der Waals surface area (Å²) in [6.45, 7) is 0. The third-order valence-corrected chi connectivity index (χ3v) is 2.52. The Balaban J connectivity index is 2.73. The number of hydrogen-bond donors (Lipinski definition) is 0. The van der Waals surface area contributed by atoms with Crippen molar-refractivity contribution in [3.8, 4) is 5.75 Å². The fourth-order valence-corrected chi connectivity index (χ4v) is 1.96. The predicted octanol–water partition coefficient (Wildman–Crippen LogP) is 4.58. The topological polar surface area (TPSA) is 22.1 Å². The first-order valence-corrected chi connectivity index (χ1v) is 5.23. The van der Waals surface area contributed by atoms with E-state index in [9.17, 15) is 17.6 Å². The number of benzene rings is 1. The molecule has 0 atom stereocenters. The number of halogens is 6. The average Bonchev–Trinajstić information content (AvgIpc) is 2.20. The van der Waals surface area contributed by atoms with E-state index in [-0.39, 0.29) is 21.1 Å². The van der Waals surface area contributed by atoms with E-state index in [1.165, 1.54) is 0 Å². The molecule has 2 rings (SSSR count). The zero-order valence-electron chi connectivity index (χ0n) is 8.36. The molecule has 1 heterocycles. The molecular formula is C10H3Cl2F4NO. The summed E-state index contributed by atoms with van der Waals surface area (Å²) in [4.78, 5) is 3.55. The van der Waals surface area contributed by atoms with Crippen molar-refractivity contribution in [3.05, 3.63) is 34.3 Å². The Labute approximate surface area is 108 Å². The maximum absolute atomic E-state index is 13.5. The number of alkyl halides is 3. The van der Waals surface area contributed by atoms with Crippen LogP contribution in [0.15, 0.2) is 18.2 Å². The molecule has 1 aromatic heterocycles. The van der Waals surface area contributed by atoms with Gasteiger partial charge in [0.05, 0.1) is 5.39 Å². The van der Waals surface area contributed by atoms with Crippen LogP contribution in [0.5, 0.6) is 5.75 Å². The van der Waals surface area contributed by atoms with Gasteiger partial charge in [0.1, 0.15) is 21.9 Å². The highest BCUT2D eigenvalue weighted by molar-refractivity contribution is 6.37. The molecule has 0 spiro atoms. The van der Waals surface area contributed by atoms with Gasteiger partial charge < -0.3 is 4.74 Å². The smallest absolute Gasteiger partial charge is 0.405 e. The van der Waals surface area contributed by atoms with Crippen molar-refractivity contribution in [2.75, 3.05) is 0 Å². The Morgan fingerprint density at radius 3 is 2.44 bits per heavy atom. The van der Waals surface area contributed by atoms with Gasteiger partial charge in [-0.25, -0.2) is 9.37 Å². The summed E-state index contributed by atoms with van der Waals surface area (Å²) in [5.41, 5.74) is 0. The Kier molecular flexibility index (Phi) is 3.25. The zero-order chi connectivity index (χ0) is 13.5. The quantitative estimate of drug-likeness (QED) is 0.568. The van der Waals surface area contributed by atoms with Crippen LogP contribution < -0.4 is 4.74 Å². The molecule has 0 bridgehead atoms. The Morgan fingerprint density at radius 1 is 1.17 bits per heavy atom. The van der Waals surface area contributed by atoms with Gasteiger partial charge in [0, 0.05) is 5.39 Å². The predicted molar refractivity (Wildman–Crippen MR) is 58.4 cm³/mol. The van der Waals surface area contributed by atoms with E-state index in [0.717, 1.165) is 18.2 Å². The number of hydrogen-bond acceptors (Lipinski definition) is 2. The second kappa shape index (κ2) is 4.44. The summed E-state index contributed by atoms with van der Waals surface area (Å²) < 4.78 is 53.8. The second-order valence-electron chi connectivity index (χ2n) is 3.25. The van der Waals surface area contributed by atoms with Gasteiger partial charge in [-0.1, -0.05) is 23.2 Å². The van der Waals surface area contributed by atoms with Crippen LogP contribution in [-0.4, -0.2) is 11.3 Å². The van der Waals surface area contributed by atoms with E-state index in [2.05, 4.69) is 9.72 Å². The van der Waals surface area contributed by atoms with E-state index < -0.39 is 17.9 Å². The lowest BCUT2D eigenvalue weighted by atomic mass is 10.1. The number of aromatic nitrogens is 1. The normalized spacial score (nSPS) is 11.9. The van der Waals surface area contributed by atoms with Gasteiger partial charge in [-0.05, 0) is 18.2 Å². The fraction of sp³-hybridized carbons (Fsp3) is 0.100. The molecule has 1 aromatic carbocycles. The van der Waals surface area contributed by atoms with Crippen LogP contribution in [0.3, 0.4) is 0 Å². The molecule has 0 aliphatic rings. The zero-order valence-corrected chi connectivity index (χ0v) is 9.87. The van der Waals surface area contributed by atoms with Crippen LogP contribution in [0.25, 0.3) is 10.8 Å². The third-order valence-electron chi connectivity index (χ3n) is 2.05. The van der Waals surface area contributed by atoms with Gasteiger partial charge in [-0.3, -0.25) is 0 Å². The Bertz CT molecular complexity index is 615. The van der Waals surface area contributed by atoms with Crippen molar-refractivity contribution >= 4 is 34.0 Å². The van der Waals surface area contributed by atoms with Gasteiger partial charge in [0.25, 0.3) is 0 Å². The van der Waals surface area contributed by atoms with Gasteiger partial charge >= 0.3 is 6.36 Å². The van der Waals surface area contributed by atoms with Crippen LogP contribution >= 0.6 is 23.2 Å². The van der Waals surface area contributed by atoms with Crippen LogP contribution in [-0.2, 0) is 0 Å². The Hall–Kier alpha value is -1.27. The lowest BCUT2D eigenvalue weighted by Gasteiger charge is -2.12. The molecule has 2 aromatic rings. The first kappa shape index (κ1) is 13.2. The highest BCUT2D eigenvalue weighted by Crippen LogP contribution is 2.36. The fourth-order valence-electron chi connectivity index (χ4n) is 1.44. The molecular weight excluding hydrogens is 297 g/mol. The molecule has 0 aliphatic heterocycles. The van der Waals surface area contributed by atoms with Gasteiger partial charge in [-0.2, -0.15) is 0 Å². The number of pyridine rings is 1. The SMILES string of the molecule is Fc1ccc(OC(F)(F)F)c2c(Cl)nc(Cl)cc12. The van der Waals surface area contributed by atoms with Crippen molar-refractivity contribution in [3.63, 3.8) is 0 Å². The van der Waals surface area contributed by atoms with E-state index in [4.69, 9.17) is 23.2 Å². The van der Waals surface area contributed by atoms with Gasteiger partial charge in [-0.15, -0.1) is 13.2 Å². The first-order chi connectivity index (χ1) is 8.28. The molecule has 0 radical (unpaired) electrons. The van der Waals surface area contributed by atoms with Crippen LogP contribution in [0.4, 0.5) is 17.6 Å². The monoisotopic (exact) mass is 299 g/mol. The lowest BCUT2D eigenvalue weighted by molar-refractivity contribution is -0.274. The summed E-state index contributed by atoms with van der Waals surface area (Å²) in [5.74, 6) is -1.40. The molecule has 96 valence electrons.